The van der Waals surface area contributed by atoms with Crippen LogP contribution >= 0.6 is 12.6 Å². The maximum atomic E-state index is 12.6. The van der Waals surface area contributed by atoms with Crippen molar-refractivity contribution in [2.75, 3.05) is 39.1 Å². The molecule has 2 amide bonds. The number of carbonyl (C=O) groups excluding carboxylic acids is 2. The van der Waals surface area contributed by atoms with E-state index in [1.807, 2.05) is 13.8 Å². The van der Waals surface area contributed by atoms with Crippen molar-refractivity contribution in [3.63, 3.8) is 0 Å². The number of carbonyl (C=O) groups is 2. The second-order valence-electron chi connectivity index (χ2n) is 6.67. The Morgan fingerprint density at radius 3 is 2.64 bits per heavy atom. The second-order valence-corrected chi connectivity index (χ2v) is 7.12. The molecule has 1 unspecified atom stereocenters. The molecule has 1 fully saturated rings. The van der Waals surface area contributed by atoms with Crippen LogP contribution in [0.4, 0.5) is 0 Å². The predicted molar refractivity (Wildman–Crippen MR) is 97.1 cm³/mol. The second kappa shape index (κ2) is 10.3. The molecule has 1 rings (SSSR count). The highest BCUT2D eigenvalue weighted by molar-refractivity contribution is 7.80. The quantitative estimate of drug-likeness (QED) is 0.399. The fourth-order valence-corrected chi connectivity index (χ4v) is 2.60. The molecule has 0 radical (unpaired) electrons. The Kier molecular flexibility index (Phi) is 9.15. The molecule has 1 aliphatic heterocycles. The summed E-state index contributed by atoms with van der Waals surface area (Å²) in [5, 5.41) is 5.45. The van der Waals surface area contributed by atoms with E-state index >= 15 is 0 Å². The highest BCUT2D eigenvalue weighted by Crippen LogP contribution is 2.37. The number of thiol groups is 1. The fourth-order valence-electron chi connectivity index (χ4n) is 2.49. The van der Waals surface area contributed by atoms with Crippen LogP contribution in [0.3, 0.4) is 0 Å². The van der Waals surface area contributed by atoms with E-state index in [9.17, 15) is 9.59 Å². The topological polar surface area (TPSA) is 112 Å². The fraction of sp³-hybridized carbons (Fsp3) is 0.875. The first-order valence-corrected chi connectivity index (χ1v) is 9.16. The van der Waals surface area contributed by atoms with Crippen molar-refractivity contribution in [1.29, 1.82) is 0 Å². The molecule has 2 atom stereocenters. The van der Waals surface area contributed by atoms with Gasteiger partial charge in [-0.1, -0.05) is 13.8 Å². The Morgan fingerprint density at radius 1 is 1.32 bits per heavy atom. The van der Waals surface area contributed by atoms with Gasteiger partial charge in [0.1, 0.15) is 6.10 Å². The number of ether oxygens (including phenoxy) is 3. The monoisotopic (exact) mass is 377 g/mol. The van der Waals surface area contributed by atoms with Crippen LogP contribution in [0.2, 0.25) is 0 Å². The molecule has 0 aromatic carbocycles. The summed E-state index contributed by atoms with van der Waals surface area (Å²) in [6, 6.07) is 0. The summed E-state index contributed by atoms with van der Waals surface area (Å²) < 4.78 is 17.0. The minimum atomic E-state index is -1.26. The zero-order valence-corrected chi connectivity index (χ0v) is 16.2. The van der Waals surface area contributed by atoms with Crippen molar-refractivity contribution in [3.8, 4) is 0 Å². The maximum Gasteiger partial charge on any atom is 0.283 e. The van der Waals surface area contributed by atoms with E-state index in [1.54, 1.807) is 0 Å². The van der Waals surface area contributed by atoms with Crippen LogP contribution in [-0.2, 0) is 23.8 Å². The van der Waals surface area contributed by atoms with Gasteiger partial charge in [-0.15, -0.1) is 0 Å². The van der Waals surface area contributed by atoms with Crippen LogP contribution in [0.25, 0.3) is 0 Å². The molecule has 0 aromatic rings. The van der Waals surface area contributed by atoms with E-state index in [0.29, 0.717) is 38.3 Å². The molecule has 4 N–H and O–H groups in total. The van der Waals surface area contributed by atoms with E-state index < -0.39 is 17.5 Å². The van der Waals surface area contributed by atoms with Gasteiger partial charge in [0.05, 0.1) is 6.61 Å². The van der Waals surface area contributed by atoms with E-state index in [4.69, 9.17) is 19.9 Å². The van der Waals surface area contributed by atoms with Crippen LogP contribution in [0, 0.1) is 5.41 Å². The summed E-state index contributed by atoms with van der Waals surface area (Å²) in [6.07, 6.45) is 0.533. The van der Waals surface area contributed by atoms with Gasteiger partial charge in [0.2, 0.25) is 11.8 Å². The molecule has 25 heavy (non-hydrogen) atoms. The molecule has 1 heterocycles. The lowest BCUT2D eigenvalue weighted by Crippen LogP contribution is -2.59. The van der Waals surface area contributed by atoms with E-state index in [-0.39, 0.29) is 24.8 Å². The molecular formula is C16H31N3O5S. The van der Waals surface area contributed by atoms with Gasteiger partial charge < -0.3 is 30.6 Å². The molecule has 1 aliphatic rings. The predicted octanol–water partition coefficient (Wildman–Crippen LogP) is 0.0194. The van der Waals surface area contributed by atoms with Crippen molar-refractivity contribution < 1.29 is 23.8 Å². The van der Waals surface area contributed by atoms with Crippen molar-refractivity contribution in [1.82, 2.24) is 10.6 Å². The Bertz CT molecular complexity index is 449. The molecular weight excluding hydrogens is 346 g/mol. The number of amides is 2. The van der Waals surface area contributed by atoms with Gasteiger partial charge in [-0.25, -0.2) is 0 Å². The standard InChI is InChI=1S/C16H31N3O5S/c1-15(2)11-23-16(22-3,6-4-7-17)24-13(15)14(21)19-8-5-12(20)18-9-10-25/h13,25H,4-11,17H2,1-3H3,(H,18,20)(H,19,21)/t13-,16?/m0/s1. The summed E-state index contributed by atoms with van der Waals surface area (Å²) in [4.78, 5) is 24.1. The summed E-state index contributed by atoms with van der Waals surface area (Å²) in [6.45, 7) is 5.30. The first-order valence-electron chi connectivity index (χ1n) is 8.52. The number of hydrogen-bond donors (Lipinski definition) is 4. The molecule has 9 heteroatoms. The Morgan fingerprint density at radius 2 is 2.04 bits per heavy atom. The zero-order valence-electron chi connectivity index (χ0n) is 15.3. The van der Waals surface area contributed by atoms with E-state index in [2.05, 4.69) is 23.3 Å². The van der Waals surface area contributed by atoms with Crippen LogP contribution in [0.1, 0.15) is 33.1 Å². The van der Waals surface area contributed by atoms with E-state index in [0.717, 1.165) is 0 Å². The smallest absolute Gasteiger partial charge is 0.283 e. The van der Waals surface area contributed by atoms with Gasteiger partial charge >= 0.3 is 0 Å². The van der Waals surface area contributed by atoms with Crippen LogP contribution < -0.4 is 16.4 Å². The molecule has 0 aromatic heterocycles. The van der Waals surface area contributed by atoms with Crippen molar-refractivity contribution in [2.24, 2.45) is 11.1 Å². The molecule has 146 valence electrons. The highest BCUT2D eigenvalue weighted by atomic mass is 32.1. The third-order valence-corrected chi connectivity index (χ3v) is 4.22. The molecule has 0 aliphatic carbocycles. The summed E-state index contributed by atoms with van der Waals surface area (Å²) in [5.41, 5.74) is 5.02. The van der Waals surface area contributed by atoms with Gasteiger partial charge in [-0.3, -0.25) is 9.59 Å². The molecule has 0 bridgehead atoms. The number of rotatable bonds is 10. The summed E-state index contributed by atoms with van der Waals surface area (Å²) >= 11 is 4.02. The number of methoxy groups -OCH3 is 1. The maximum absolute atomic E-state index is 12.6. The van der Waals surface area contributed by atoms with Gasteiger partial charge in [-0.05, 0) is 13.0 Å². The third-order valence-electron chi connectivity index (χ3n) is 3.99. The number of hydrogen-bond acceptors (Lipinski definition) is 7. The Balaban J connectivity index is 2.61. The van der Waals surface area contributed by atoms with Crippen molar-refractivity contribution in [2.45, 2.75) is 45.2 Å². The van der Waals surface area contributed by atoms with Crippen molar-refractivity contribution >= 4 is 24.4 Å². The highest BCUT2D eigenvalue weighted by Gasteiger charge is 2.50. The first-order chi connectivity index (χ1) is 11.8. The van der Waals surface area contributed by atoms with Crippen LogP contribution in [0.5, 0.6) is 0 Å². The third kappa shape index (κ3) is 6.74. The molecule has 8 nitrogen and oxygen atoms in total. The summed E-state index contributed by atoms with van der Waals surface area (Å²) in [7, 11) is 1.48. The molecule has 0 spiro atoms. The average molecular weight is 378 g/mol. The minimum Gasteiger partial charge on any atom is -0.355 e. The lowest BCUT2D eigenvalue weighted by Gasteiger charge is -2.46. The minimum absolute atomic E-state index is 0.129. The van der Waals surface area contributed by atoms with Gasteiger partial charge in [0.15, 0.2) is 0 Å². The lowest BCUT2D eigenvalue weighted by atomic mass is 9.85. The first kappa shape index (κ1) is 22.2. The van der Waals surface area contributed by atoms with Gasteiger partial charge in [0, 0.05) is 44.2 Å². The normalized spacial score (nSPS) is 25.4. The van der Waals surface area contributed by atoms with Crippen LogP contribution in [0.15, 0.2) is 0 Å². The number of nitrogens with one attached hydrogen (secondary N) is 2. The molecule has 0 saturated carbocycles. The lowest BCUT2D eigenvalue weighted by molar-refractivity contribution is -0.425. The largest absolute Gasteiger partial charge is 0.355 e. The SMILES string of the molecule is COC1(CCCN)OCC(C)(C)[C@H](C(=O)NCCC(=O)NCCS)O1. The molecule has 1 saturated heterocycles. The number of nitrogens with two attached hydrogens (primary N) is 1. The van der Waals surface area contributed by atoms with E-state index in [1.165, 1.54) is 7.11 Å². The van der Waals surface area contributed by atoms with Gasteiger partial charge in [0.25, 0.3) is 5.97 Å². The summed E-state index contributed by atoms with van der Waals surface area (Å²) in [5.74, 6) is -1.11. The van der Waals surface area contributed by atoms with Crippen LogP contribution in [-0.4, -0.2) is 63.0 Å². The zero-order chi connectivity index (χ0) is 18.9. The van der Waals surface area contributed by atoms with Gasteiger partial charge in [-0.2, -0.15) is 12.6 Å². The Hall–Kier alpha value is -0.870. The Labute approximate surface area is 154 Å². The average Bonchev–Trinajstić information content (AvgIpc) is 2.59. The van der Waals surface area contributed by atoms with Crippen molar-refractivity contribution in [3.05, 3.63) is 0 Å².